The topological polar surface area (TPSA) is 49.3 Å². The van der Waals surface area contributed by atoms with Crippen molar-refractivity contribution in [1.29, 1.82) is 0 Å². The van der Waals surface area contributed by atoms with Crippen LogP contribution in [0.3, 0.4) is 0 Å². The molecule has 0 radical (unpaired) electrons. The van der Waals surface area contributed by atoms with Crippen molar-refractivity contribution in [2.45, 2.75) is 32.5 Å². The second-order valence-electron chi connectivity index (χ2n) is 4.72. The molecule has 6 heteroatoms. The number of aliphatic carboxylic acids is 1. The summed E-state index contributed by atoms with van der Waals surface area (Å²) in [6, 6.07) is 4.97. The van der Waals surface area contributed by atoms with E-state index in [-0.39, 0.29) is 0 Å². The van der Waals surface area contributed by atoms with Crippen molar-refractivity contribution in [1.82, 2.24) is 5.32 Å². The molecule has 1 atom stereocenters. The summed E-state index contributed by atoms with van der Waals surface area (Å²) in [7, 11) is 0. The van der Waals surface area contributed by atoms with Gasteiger partial charge in [-0.15, -0.1) is 0 Å². The van der Waals surface area contributed by atoms with E-state index in [1.54, 1.807) is 25.1 Å². The van der Waals surface area contributed by atoms with E-state index in [0.29, 0.717) is 11.1 Å². The van der Waals surface area contributed by atoms with E-state index in [4.69, 9.17) is 0 Å². The predicted octanol–water partition coefficient (Wildman–Crippen LogP) is 2.76. The van der Waals surface area contributed by atoms with Gasteiger partial charge in [-0.1, -0.05) is 23.8 Å². The Morgan fingerprint density at radius 3 is 2.32 bits per heavy atom. The molecular formula is C13H16F3NO2. The number of rotatable bonds is 4. The Balaban J connectivity index is 3.15. The highest BCUT2D eigenvalue weighted by atomic mass is 19.4. The van der Waals surface area contributed by atoms with Crippen molar-refractivity contribution in [2.24, 2.45) is 0 Å². The predicted molar refractivity (Wildman–Crippen MR) is 65.0 cm³/mol. The van der Waals surface area contributed by atoms with Crippen LogP contribution in [-0.4, -0.2) is 23.8 Å². The van der Waals surface area contributed by atoms with Crippen molar-refractivity contribution in [3.05, 3.63) is 34.9 Å². The number of nitrogens with one attached hydrogen (secondary N) is 1. The maximum absolute atomic E-state index is 12.3. The van der Waals surface area contributed by atoms with Gasteiger partial charge in [-0.25, -0.2) is 4.79 Å². The molecule has 0 aromatic heterocycles. The van der Waals surface area contributed by atoms with Gasteiger partial charge in [0.2, 0.25) is 0 Å². The van der Waals surface area contributed by atoms with E-state index in [1.807, 2.05) is 6.92 Å². The van der Waals surface area contributed by atoms with Gasteiger partial charge >= 0.3 is 12.1 Å². The molecular weight excluding hydrogens is 259 g/mol. The molecule has 0 fully saturated rings. The van der Waals surface area contributed by atoms with E-state index in [9.17, 15) is 23.1 Å². The Morgan fingerprint density at radius 1 is 1.32 bits per heavy atom. The first-order valence-corrected chi connectivity index (χ1v) is 5.69. The summed E-state index contributed by atoms with van der Waals surface area (Å²) in [4.78, 5) is 11.3. The molecule has 0 aliphatic rings. The lowest BCUT2D eigenvalue weighted by molar-refractivity contribution is -0.150. The van der Waals surface area contributed by atoms with Crippen LogP contribution in [0, 0.1) is 13.8 Å². The van der Waals surface area contributed by atoms with Crippen molar-refractivity contribution in [2.75, 3.05) is 6.54 Å². The maximum Gasteiger partial charge on any atom is 0.401 e. The molecule has 0 heterocycles. The fraction of sp³-hybridized carbons (Fsp3) is 0.462. The quantitative estimate of drug-likeness (QED) is 0.888. The largest absolute Gasteiger partial charge is 0.480 e. The first-order chi connectivity index (χ1) is 8.56. The Bertz CT molecular complexity index is 485. The molecule has 0 aliphatic carbocycles. The molecule has 1 aromatic rings. The molecule has 1 unspecified atom stereocenters. The number of halogens is 3. The lowest BCUT2D eigenvalue weighted by atomic mass is 9.87. The average Bonchev–Trinajstić information content (AvgIpc) is 2.24. The highest BCUT2D eigenvalue weighted by molar-refractivity contribution is 5.80. The summed E-state index contributed by atoms with van der Waals surface area (Å²) in [5.41, 5.74) is 0.118. The lowest BCUT2D eigenvalue weighted by Crippen LogP contribution is -2.50. The van der Waals surface area contributed by atoms with Gasteiger partial charge in [-0.05, 0) is 31.9 Å². The number of hydrogen-bond donors (Lipinski definition) is 2. The molecule has 106 valence electrons. The summed E-state index contributed by atoms with van der Waals surface area (Å²) in [5.74, 6) is -1.34. The van der Waals surface area contributed by atoms with Crippen LogP contribution < -0.4 is 5.32 Å². The van der Waals surface area contributed by atoms with Crippen LogP contribution in [0.25, 0.3) is 0 Å². The molecule has 0 spiro atoms. The van der Waals surface area contributed by atoms with Crippen LogP contribution in [0.4, 0.5) is 13.2 Å². The number of aryl methyl sites for hydroxylation is 2. The van der Waals surface area contributed by atoms with E-state index in [0.717, 1.165) is 5.56 Å². The number of carboxylic acids is 1. The molecule has 0 saturated heterocycles. The van der Waals surface area contributed by atoms with Gasteiger partial charge in [0.1, 0.15) is 5.54 Å². The molecule has 1 rings (SSSR count). The SMILES string of the molecule is Cc1ccc(C(C)(NCC(F)(F)F)C(=O)O)c(C)c1. The Morgan fingerprint density at radius 2 is 1.89 bits per heavy atom. The first kappa shape index (κ1) is 15.5. The molecule has 0 amide bonds. The first-order valence-electron chi connectivity index (χ1n) is 5.69. The standard InChI is InChI=1S/C13H16F3NO2/c1-8-4-5-10(9(2)6-8)12(3,11(18)19)17-7-13(14,15)16/h4-6,17H,7H2,1-3H3,(H,18,19). The third-order valence-electron chi connectivity index (χ3n) is 2.99. The average molecular weight is 275 g/mol. The highest BCUT2D eigenvalue weighted by Crippen LogP contribution is 2.27. The molecule has 1 aromatic carbocycles. The summed E-state index contributed by atoms with van der Waals surface area (Å²) in [6.45, 7) is 3.39. The van der Waals surface area contributed by atoms with Crippen LogP contribution in [0.15, 0.2) is 18.2 Å². The zero-order chi connectivity index (χ0) is 14.8. The van der Waals surface area contributed by atoms with E-state index in [1.165, 1.54) is 6.92 Å². The van der Waals surface area contributed by atoms with E-state index >= 15 is 0 Å². The Labute approximate surface area is 109 Å². The Kier molecular flexibility index (Phi) is 4.25. The van der Waals surface area contributed by atoms with Crippen LogP contribution in [0.2, 0.25) is 0 Å². The second kappa shape index (κ2) is 5.21. The van der Waals surface area contributed by atoms with Crippen molar-refractivity contribution >= 4 is 5.97 Å². The number of benzene rings is 1. The van der Waals surface area contributed by atoms with Gasteiger partial charge in [-0.2, -0.15) is 13.2 Å². The normalized spacial score (nSPS) is 15.1. The summed E-state index contributed by atoms with van der Waals surface area (Å²) in [6.07, 6.45) is -4.46. The van der Waals surface area contributed by atoms with Crippen molar-refractivity contribution < 1.29 is 23.1 Å². The van der Waals surface area contributed by atoms with Crippen molar-refractivity contribution in [3.8, 4) is 0 Å². The van der Waals surface area contributed by atoms with Gasteiger partial charge in [-0.3, -0.25) is 5.32 Å². The summed E-state index contributed by atoms with van der Waals surface area (Å²) >= 11 is 0. The van der Waals surface area contributed by atoms with Crippen molar-refractivity contribution in [3.63, 3.8) is 0 Å². The van der Waals surface area contributed by atoms with E-state index in [2.05, 4.69) is 5.32 Å². The fourth-order valence-electron chi connectivity index (χ4n) is 1.94. The van der Waals surface area contributed by atoms with Gasteiger partial charge in [0.15, 0.2) is 0 Å². The molecule has 3 nitrogen and oxygen atoms in total. The monoisotopic (exact) mass is 275 g/mol. The Hall–Kier alpha value is -1.56. The second-order valence-corrected chi connectivity index (χ2v) is 4.72. The maximum atomic E-state index is 12.3. The lowest BCUT2D eigenvalue weighted by Gasteiger charge is -2.29. The number of carbonyl (C=O) groups is 1. The minimum Gasteiger partial charge on any atom is -0.480 e. The molecule has 0 aliphatic heterocycles. The van der Waals surface area contributed by atoms with Crippen LogP contribution in [0.1, 0.15) is 23.6 Å². The zero-order valence-electron chi connectivity index (χ0n) is 10.9. The van der Waals surface area contributed by atoms with Crippen LogP contribution in [-0.2, 0) is 10.3 Å². The summed E-state index contributed by atoms with van der Waals surface area (Å²) < 4.78 is 36.8. The fourth-order valence-corrected chi connectivity index (χ4v) is 1.94. The molecule has 0 saturated carbocycles. The number of alkyl halides is 3. The minimum absolute atomic E-state index is 0.329. The number of carboxylic acid groups (broad SMARTS) is 1. The third kappa shape index (κ3) is 3.70. The minimum atomic E-state index is -4.46. The van der Waals surface area contributed by atoms with Gasteiger partial charge in [0.25, 0.3) is 0 Å². The number of hydrogen-bond acceptors (Lipinski definition) is 2. The molecule has 0 bridgehead atoms. The summed E-state index contributed by atoms with van der Waals surface area (Å²) in [5, 5.41) is 11.3. The van der Waals surface area contributed by atoms with Gasteiger partial charge in [0.05, 0.1) is 6.54 Å². The zero-order valence-corrected chi connectivity index (χ0v) is 10.9. The third-order valence-corrected chi connectivity index (χ3v) is 2.99. The smallest absolute Gasteiger partial charge is 0.401 e. The van der Waals surface area contributed by atoms with E-state index < -0.39 is 24.2 Å². The van der Waals surface area contributed by atoms with Crippen LogP contribution >= 0.6 is 0 Å². The van der Waals surface area contributed by atoms with Crippen LogP contribution in [0.5, 0.6) is 0 Å². The highest BCUT2D eigenvalue weighted by Gasteiger charge is 2.40. The van der Waals surface area contributed by atoms with Gasteiger partial charge in [0, 0.05) is 0 Å². The molecule has 19 heavy (non-hydrogen) atoms. The van der Waals surface area contributed by atoms with Gasteiger partial charge < -0.3 is 5.11 Å². The molecule has 2 N–H and O–H groups in total.